The Kier molecular flexibility index (Phi) is 42.1. The maximum Gasteiger partial charge on any atom is 0.326 e. The van der Waals surface area contributed by atoms with Crippen LogP contribution >= 0.6 is 0 Å². The molecule has 0 aromatic heterocycles. The predicted molar refractivity (Wildman–Crippen MR) is 358 cm³/mol. The first-order valence-electron chi connectivity index (χ1n) is 32.2. The first-order chi connectivity index (χ1) is 44.6. The summed E-state index contributed by atoms with van der Waals surface area (Å²) in [6.07, 6.45) is 2.57. The quantitative estimate of drug-likeness (QED) is 0.0164. The maximum atomic E-state index is 14.8. The summed E-state index contributed by atoms with van der Waals surface area (Å²) in [5.41, 5.74) is 57.4. The molecule has 10 atom stereocenters. The summed E-state index contributed by atoms with van der Waals surface area (Å²) in [5.74, 6) is -9.64. The van der Waals surface area contributed by atoms with Crippen LogP contribution in [0.25, 0.3) is 0 Å². The molecule has 34 nitrogen and oxygen atoms in total. The zero-order valence-corrected chi connectivity index (χ0v) is 55.1. The Morgan fingerprint density at radius 1 is 0.383 bits per heavy atom. The number of nitrogens with zero attached hydrogens (tertiary/aromatic N) is 3. The van der Waals surface area contributed by atoms with Gasteiger partial charge < -0.3 is 115 Å². The lowest BCUT2D eigenvalue weighted by molar-refractivity contribution is -0.143. The molecule has 1 aromatic rings. The molecule has 0 aliphatic heterocycles. The number of aliphatic hydroxyl groups excluding tert-OH is 1. The molecule has 0 aliphatic rings. The van der Waals surface area contributed by atoms with E-state index in [1.807, 2.05) is 27.7 Å². The summed E-state index contributed by atoms with van der Waals surface area (Å²) in [7, 11) is 0. The third kappa shape index (κ3) is 36.1. The standard InChI is InChI=1S/C60H110N22O12/c1-35(2)31-38(64)48(84)80-45(32-36(3)4)54(90)77-41(22-14-28-71-58(65)66)50(86)74-39(19-8-11-25-61)49(85)76-43(24-16-30-73-60(69)70)52(88)81-46(33-37-17-6-5-7-18-37)55(91)78-42(23-15-29-72-59(67)68)51(87)75-40(20-9-12-26-62)53(89)82-47(34-83)56(92)79-44(57(93)94)21-10-13-27-63/h5-7,17-18,35-36,38-47,83H,8-16,19-34,61-64H2,1-4H3,(H,74,86)(H,75,87)(H,76,85)(H,77,90)(H,78,91)(H,79,92)(H,80,84)(H,81,88)(H,82,89)(H,93,94)(H4,65,66,71)(H4,67,68,72)(H4,69,70,73). The summed E-state index contributed by atoms with van der Waals surface area (Å²) in [6, 6.07) is -5.07. The molecule has 0 saturated heterocycles. The van der Waals surface area contributed by atoms with Crippen LogP contribution in [0.15, 0.2) is 45.3 Å². The number of aliphatic carboxylic acids is 1. The maximum absolute atomic E-state index is 14.8. The highest BCUT2D eigenvalue weighted by molar-refractivity contribution is 5.98. The predicted octanol–water partition coefficient (Wildman–Crippen LogP) is -5.36. The van der Waals surface area contributed by atoms with Crippen molar-refractivity contribution < 1.29 is 58.2 Å². The van der Waals surface area contributed by atoms with Crippen LogP contribution in [0.1, 0.15) is 142 Å². The fraction of sp³-hybridized carbons (Fsp3) is 0.683. The lowest BCUT2D eigenvalue weighted by atomic mass is 10.00. The van der Waals surface area contributed by atoms with Gasteiger partial charge >= 0.3 is 5.97 Å². The summed E-state index contributed by atoms with van der Waals surface area (Å²) < 4.78 is 0. The number of hydrogen-bond acceptors (Lipinski definition) is 18. The first-order valence-corrected chi connectivity index (χ1v) is 32.2. The van der Waals surface area contributed by atoms with Crippen LogP contribution in [-0.2, 0) is 54.4 Å². The van der Waals surface area contributed by atoms with Crippen LogP contribution in [0.4, 0.5) is 0 Å². The molecule has 34 heteroatoms. The molecule has 1 aromatic carbocycles. The summed E-state index contributed by atoms with van der Waals surface area (Å²) >= 11 is 0. The third-order valence-corrected chi connectivity index (χ3v) is 14.6. The number of carbonyl (C=O) groups excluding carboxylic acids is 9. The lowest BCUT2D eigenvalue weighted by Crippen LogP contribution is -2.61. The second-order valence-electron chi connectivity index (χ2n) is 23.8. The number of carboxylic acid groups (broad SMARTS) is 1. The van der Waals surface area contributed by atoms with Crippen LogP contribution in [-0.4, -0.2) is 194 Å². The van der Waals surface area contributed by atoms with Crippen molar-refractivity contribution in [1.82, 2.24) is 47.9 Å². The molecule has 0 spiro atoms. The Morgan fingerprint density at radius 3 is 1.00 bits per heavy atom. The molecule has 0 radical (unpaired) electrons. The number of benzene rings is 1. The Labute approximate surface area is 550 Å². The minimum atomic E-state index is -1.66. The normalized spacial score (nSPS) is 14.3. The Hall–Kier alpha value is -8.47. The number of nitrogens with two attached hydrogens (primary N) is 10. The van der Waals surface area contributed by atoms with Gasteiger partial charge in [0.05, 0.1) is 12.6 Å². The number of rotatable bonds is 50. The molecule has 31 N–H and O–H groups in total. The number of aliphatic imine (C=N–C) groups is 3. The lowest BCUT2D eigenvalue weighted by Gasteiger charge is -2.28. The van der Waals surface area contributed by atoms with Gasteiger partial charge in [-0.3, -0.25) is 58.1 Å². The van der Waals surface area contributed by atoms with Crippen molar-refractivity contribution in [2.75, 3.05) is 45.9 Å². The van der Waals surface area contributed by atoms with E-state index in [0.717, 1.165) is 0 Å². The average molecular weight is 1330 g/mol. The van der Waals surface area contributed by atoms with Crippen LogP contribution in [0, 0.1) is 11.8 Å². The minimum Gasteiger partial charge on any atom is -0.480 e. The summed E-state index contributed by atoms with van der Waals surface area (Å²) in [4.78, 5) is 152. The van der Waals surface area contributed by atoms with Crippen molar-refractivity contribution >= 4 is 77.0 Å². The van der Waals surface area contributed by atoms with Gasteiger partial charge in [-0.2, -0.15) is 0 Å². The van der Waals surface area contributed by atoms with Gasteiger partial charge in [0.2, 0.25) is 53.2 Å². The Morgan fingerprint density at radius 2 is 0.670 bits per heavy atom. The molecular formula is C60H110N22O12. The monoisotopic (exact) mass is 1330 g/mol. The minimum absolute atomic E-state index is 0.00666. The van der Waals surface area contributed by atoms with Crippen molar-refractivity contribution in [1.29, 1.82) is 0 Å². The van der Waals surface area contributed by atoms with Crippen LogP contribution in [0.5, 0.6) is 0 Å². The number of carboxylic acids is 1. The Bertz CT molecular complexity index is 2590. The van der Waals surface area contributed by atoms with E-state index in [1.54, 1.807) is 30.3 Å². The number of nitrogens with one attached hydrogen (secondary N) is 9. The molecule has 532 valence electrons. The van der Waals surface area contributed by atoms with Crippen LogP contribution in [0.3, 0.4) is 0 Å². The van der Waals surface area contributed by atoms with Gasteiger partial charge in [-0.25, -0.2) is 4.79 Å². The van der Waals surface area contributed by atoms with E-state index in [1.165, 1.54) is 0 Å². The fourth-order valence-electron chi connectivity index (χ4n) is 9.62. The zero-order valence-electron chi connectivity index (χ0n) is 55.1. The number of unbranched alkanes of at least 4 members (excludes halogenated alkanes) is 3. The number of guanidine groups is 3. The smallest absolute Gasteiger partial charge is 0.326 e. The molecule has 0 bridgehead atoms. The van der Waals surface area contributed by atoms with E-state index in [4.69, 9.17) is 57.3 Å². The largest absolute Gasteiger partial charge is 0.480 e. The molecule has 94 heavy (non-hydrogen) atoms. The van der Waals surface area contributed by atoms with E-state index in [-0.39, 0.29) is 146 Å². The molecule has 10 unspecified atom stereocenters. The van der Waals surface area contributed by atoms with Crippen LogP contribution in [0.2, 0.25) is 0 Å². The molecule has 0 fully saturated rings. The molecule has 0 heterocycles. The van der Waals surface area contributed by atoms with E-state index in [0.29, 0.717) is 44.1 Å². The van der Waals surface area contributed by atoms with Gasteiger partial charge in [-0.05, 0) is 146 Å². The molecule has 0 saturated carbocycles. The van der Waals surface area contributed by atoms with Gasteiger partial charge in [0.1, 0.15) is 54.4 Å². The number of carbonyl (C=O) groups is 10. The van der Waals surface area contributed by atoms with Gasteiger partial charge in [-0.15, -0.1) is 0 Å². The van der Waals surface area contributed by atoms with Crippen molar-refractivity contribution in [2.45, 2.75) is 204 Å². The molecule has 0 aliphatic carbocycles. The van der Waals surface area contributed by atoms with E-state index in [2.05, 4.69) is 62.8 Å². The highest BCUT2D eigenvalue weighted by Gasteiger charge is 2.36. The highest BCUT2D eigenvalue weighted by atomic mass is 16.4. The van der Waals surface area contributed by atoms with Crippen molar-refractivity contribution in [2.24, 2.45) is 84.1 Å². The van der Waals surface area contributed by atoms with Crippen molar-refractivity contribution in [3.05, 3.63) is 35.9 Å². The summed E-state index contributed by atoms with van der Waals surface area (Å²) in [6.45, 7) is 7.30. The van der Waals surface area contributed by atoms with E-state index in [9.17, 15) is 58.2 Å². The number of amides is 9. The Balaban J connectivity index is 3.88. The van der Waals surface area contributed by atoms with Gasteiger partial charge in [0, 0.05) is 26.1 Å². The molecule has 1 rings (SSSR count). The first kappa shape index (κ1) is 83.5. The number of aliphatic hydroxyl groups is 1. The van der Waals surface area contributed by atoms with E-state index >= 15 is 0 Å². The third-order valence-electron chi connectivity index (χ3n) is 14.6. The van der Waals surface area contributed by atoms with Crippen molar-refractivity contribution in [3.63, 3.8) is 0 Å². The summed E-state index contributed by atoms with van der Waals surface area (Å²) in [5, 5.41) is 43.7. The topological polar surface area (TPSA) is 617 Å². The van der Waals surface area contributed by atoms with Crippen molar-refractivity contribution in [3.8, 4) is 0 Å². The fourth-order valence-corrected chi connectivity index (χ4v) is 9.62. The van der Waals surface area contributed by atoms with Crippen LogP contribution < -0.4 is 105 Å². The number of hydrogen-bond donors (Lipinski definition) is 21. The second-order valence-corrected chi connectivity index (χ2v) is 23.8. The van der Waals surface area contributed by atoms with Gasteiger partial charge in [0.25, 0.3) is 0 Å². The highest BCUT2D eigenvalue weighted by Crippen LogP contribution is 2.14. The zero-order chi connectivity index (χ0) is 70.7. The van der Waals surface area contributed by atoms with Gasteiger partial charge in [0.15, 0.2) is 17.9 Å². The second kappa shape index (κ2) is 47.4. The molecular weight excluding hydrogens is 1220 g/mol. The van der Waals surface area contributed by atoms with E-state index < -0.39 is 126 Å². The van der Waals surface area contributed by atoms with Gasteiger partial charge in [-0.1, -0.05) is 58.0 Å². The SMILES string of the molecule is CC(C)CC(N)C(=O)NC(CC(C)C)C(=O)NC(CCCN=C(N)N)C(=O)NC(CCCCN)C(=O)NC(CCCN=C(N)N)C(=O)NC(Cc1ccccc1)C(=O)NC(CCCN=C(N)N)C(=O)NC(CCCCN)C(=O)NC(CO)C(=O)NC(CCCCN)C(=O)O. The molecule has 9 amide bonds. The average Bonchev–Trinajstić information content (AvgIpc) is 0.896.